The lowest BCUT2D eigenvalue weighted by Crippen LogP contribution is -2.30. The van der Waals surface area contributed by atoms with Crippen LogP contribution in [0.3, 0.4) is 0 Å². The number of amides is 1. The van der Waals surface area contributed by atoms with Crippen molar-refractivity contribution in [3.63, 3.8) is 0 Å². The summed E-state index contributed by atoms with van der Waals surface area (Å²) in [5, 5.41) is 11.9. The Bertz CT molecular complexity index is 1360. The number of nitrogens with two attached hydrogens (primary N) is 1. The third-order valence-corrected chi connectivity index (χ3v) is 6.15. The Hall–Kier alpha value is -4.05. The molecule has 10 heteroatoms. The fourth-order valence-corrected chi connectivity index (χ4v) is 4.36. The summed E-state index contributed by atoms with van der Waals surface area (Å²) in [4.78, 5) is 25.7. The maximum atomic E-state index is 12.8. The van der Waals surface area contributed by atoms with E-state index in [-0.39, 0.29) is 11.9 Å². The molecule has 0 radical (unpaired) electrons. The van der Waals surface area contributed by atoms with Crippen molar-refractivity contribution in [2.45, 2.75) is 25.8 Å². The standard InChI is InChI=1S/C24H26N8O2/c1-14-17(4-3-9-27-14)24(33)30-18-6-5-15(12-19(18)34-2)21-20-22(25)28-13-29-23(20)32(31-21)16-7-10-26-11-8-16/h3-6,9,12-13,16,26H,7-8,10-11H2,1-2H3,(H,30,33)(H2,25,28,29). The van der Waals surface area contributed by atoms with Gasteiger partial charge in [0, 0.05) is 17.5 Å². The maximum absolute atomic E-state index is 12.8. The van der Waals surface area contributed by atoms with Crippen LogP contribution in [0, 0.1) is 6.92 Å². The zero-order valence-electron chi connectivity index (χ0n) is 19.1. The van der Waals surface area contributed by atoms with Gasteiger partial charge in [-0.3, -0.25) is 9.78 Å². The molecule has 0 atom stereocenters. The van der Waals surface area contributed by atoms with Crippen molar-refractivity contribution >= 4 is 28.4 Å². The van der Waals surface area contributed by atoms with Crippen LogP contribution in [-0.4, -0.2) is 50.8 Å². The van der Waals surface area contributed by atoms with Crippen molar-refractivity contribution in [3.05, 3.63) is 54.1 Å². The Morgan fingerprint density at radius 2 is 2.03 bits per heavy atom. The van der Waals surface area contributed by atoms with Crippen LogP contribution in [0.2, 0.25) is 0 Å². The number of methoxy groups -OCH3 is 1. The van der Waals surface area contributed by atoms with Gasteiger partial charge >= 0.3 is 0 Å². The Morgan fingerprint density at radius 3 is 2.79 bits per heavy atom. The third kappa shape index (κ3) is 3.92. The lowest BCUT2D eigenvalue weighted by molar-refractivity contribution is 0.102. The largest absolute Gasteiger partial charge is 0.495 e. The Balaban J connectivity index is 1.54. The molecule has 1 saturated heterocycles. The van der Waals surface area contributed by atoms with E-state index in [1.807, 2.05) is 16.8 Å². The number of ether oxygens (including phenoxy) is 1. The SMILES string of the molecule is COc1cc(-c2nn(C3CCNCC3)c3ncnc(N)c23)ccc1NC(=O)c1cccnc1C. The molecule has 10 nitrogen and oxygen atoms in total. The van der Waals surface area contributed by atoms with Crippen molar-refractivity contribution < 1.29 is 9.53 Å². The van der Waals surface area contributed by atoms with Crippen molar-refractivity contribution in [2.75, 3.05) is 31.2 Å². The van der Waals surface area contributed by atoms with Crippen LogP contribution < -0.4 is 21.1 Å². The molecule has 1 aromatic carbocycles. The van der Waals surface area contributed by atoms with Crippen molar-refractivity contribution in [1.82, 2.24) is 30.0 Å². The average Bonchev–Trinajstić information content (AvgIpc) is 3.26. The number of aromatic nitrogens is 5. The fraction of sp³-hybridized carbons (Fsp3) is 0.292. The second kappa shape index (κ2) is 9.06. The van der Waals surface area contributed by atoms with Gasteiger partial charge in [-0.25, -0.2) is 14.6 Å². The molecule has 4 N–H and O–H groups in total. The second-order valence-electron chi connectivity index (χ2n) is 8.24. The number of carbonyl (C=O) groups is 1. The first-order valence-corrected chi connectivity index (χ1v) is 11.2. The lowest BCUT2D eigenvalue weighted by atomic mass is 10.1. The number of anilines is 2. The summed E-state index contributed by atoms with van der Waals surface area (Å²) in [6.07, 6.45) is 5.05. The highest BCUT2D eigenvalue weighted by molar-refractivity contribution is 6.06. The number of benzene rings is 1. The van der Waals surface area contributed by atoms with Crippen molar-refractivity contribution in [1.29, 1.82) is 0 Å². The highest BCUT2D eigenvalue weighted by Gasteiger charge is 2.24. The number of piperidine rings is 1. The molecule has 1 aliphatic heterocycles. The molecule has 5 rings (SSSR count). The van der Waals surface area contributed by atoms with E-state index in [2.05, 4.69) is 25.6 Å². The number of aryl methyl sites for hydroxylation is 1. The number of nitrogens with one attached hydrogen (secondary N) is 2. The predicted molar refractivity (Wildman–Crippen MR) is 130 cm³/mol. The topological polar surface area (TPSA) is 133 Å². The van der Waals surface area contributed by atoms with Gasteiger partial charge in [0.2, 0.25) is 0 Å². The van der Waals surface area contributed by atoms with Crippen LogP contribution in [0.4, 0.5) is 11.5 Å². The summed E-state index contributed by atoms with van der Waals surface area (Å²) in [6, 6.07) is 9.23. The molecule has 1 fully saturated rings. The van der Waals surface area contributed by atoms with Crippen molar-refractivity contribution in [3.8, 4) is 17.0 Å². The number of hydrogen-bond acceptors (Lipinski definition) is 8. The summed E-state index contributed by atoms with van der Waals surface area (Å²) in [6.45, 7) is 3.66. The molecule has 0 spiro atoms. The summed E-state index contributed by atoms with van der Waals surface area (Å²) in [5.74, 6) is 0.630. The van der Waals surface area contributed by atoms with Crippen LogP contribution in [-0.2, 0) is 0 Å². The summed E-state index contributed by atoms with van der Waals surface area (Å²) >= 11 is 0. The van der Waals surface area contributed by atoms with Gasteiger partial charge in [0.1, 0.15) is 23.6 Å². The van der Waals surface area contributed by atoms with E-state index in [4.69, 9.17) is 15.6 Å². The van der Waals surface area contributed by atoms with Crippen LogP contribution in [0.15, 0.2) is 42.9 Å². The van der Waals surface area contributed by atoms with E-state index < -0.39 is 0 Å². The molecule has 0 aliphatic carbocycles. The van der Waals surface area contributed by atoms with Gasteiger partial charge in [-0.1, -0.05) is 6.07 Å². The molecule has 0 saturated carbocycles. The van der Waals surface area contributed by atoms with Crippen LogP contribution >= 0.6 is 0 Å². The first kappa shape index (κ1) is 21.8. The molecule has 0 unspecified atom stereocenters. The molecular weight excluding hydrogens is 432 g/mol. The maximum Gasteiger partial charge on any atom is 0.257 e. The van der Waals surface area contributed by atoms with Gasteiger partial charge in [0.25, 0.3) is 5.91 Å². The molecule has 4 aromatic rings. The lowest BCUT2D eigenvalue weighted by Gasteiger charge is -2.23. The number of nitrogen functional groups attached to an aromatic ring is 1. The molecule has 0 bridgehead atoms. The predicted octanol–water partition coefficient (Wildman–Crippen LogP) is 2.96. The van der Waals surface area contributed by atoms with E-state index in [9.17, 15) is 4.79 Å². The van der Waals surface area contributed by atoms with E-state index in [0.29, 0.717) is 39.6 Å². The molecular formula is C24H26N8O2. The highest BCUT2D eigenvalue weighted by Crippen LogP contribution is 2.37. The average molecular weight is 459 g/mol. The zero-order chi connectivity index (χ0) is 23.7. The zero-order valence-corrected chi connectivity index (χ0v) is 19.1. The minimum Gasteiger partial charge on any atom is -0.495 e. The number of pyridine rings is 1. The Labute approximate surface area is 196 Å². The summed E-state index contributed by atoms with van der Waals surface area (Å²) < 4.78 is 7.57. The summed E-state index contributed by atoms with van der Waals surface area (Å²) in [5.41, 5.74) is 10.2. The first-order valence-electron chi connectivity index (χ1n) is 11.2. The van der Waals surface area contributed by atoms with Crippen LogP contribution in [0.25, 0.3) is 22.3 Å². The number of carbonyl (C=O) groups excluding carboxylic acids is 1. The van der Waals surface area contributed by atoms with E-state index in [1.165, 1.54) is 6.33 Å². The number of hydrogen-bond donors (Lipinski definition) is 3. The van der Waals surface area contributed by atoms with Crippen LogP contribution in [0.1, 0.15) is 34.9 Å². The highest BCUT2D eigenvalue weighted by atomic mass is 16.5. The number of nitrogens with zero attached hydrogens (tertiary/aromatic N) is 5. The molecule has 1 amide bonds. The first-order chi connectivity index (χ1) is 16.6. The molecule has 174 valence electrons. The molecule has 34 heavy (non-hydrogen) atoms. The molecule has 3 aromatic heterocycles. The number of fused-ring (bicyclic) bond motifs is 1. The van der Waals surface area contributed by atoms with Gasteiger partial charge in [0.15, 0.2) is 5.65 Å². The Morgan fingerprint density at radius 1 is 1.21 bits per heavy atom. The normalized spacial score (nSPS) is 14.3. The quantitative estimate of drug-likeness (QED) is 0.416. The molecule has 4 heterocycles. The fourth-order valence-electron chi connectivity index (χ4n) is 4.36. The third-order valence-electron chi connectivity index (χ3n) is 6.15. The van der Waals surface area contributed by atoms with E-state index in [0.717, 1.165) is 37.1 Å². The minimum absolute atomic E-state index is 0.231. The van der Waals surface area contributed by atoms with Gasteiger partial charge in [-0.15, -0.1) is 0 Å². The number of rotatable bonds is 5. The summed E-state index contributed by atoms with van der Waals surface area (Å²) in [7, 11) is 1.56. The Kier molecular flexibility index (Phi) is 5.81. The van der Waals surface area contributed by atoms with Gasteiger partial charge in [-0.2, -0.15) is 5.10 Å². The monoisotopic (exact) mass is 458 g/mol. The van der Waals surface area contributed by atoms with E-state index in [1.54, 1.807) is 38.4 Å². The van der Waals surface area contributed by atoms with Gasteiger partial charge in [-0.05, 0) is 57.1 Å². The molecule has 1 aliphatic rings. The van der Waals surface area contributed by atoms with Gasteiger partial charge < -0.3 is 21.1 Å². The second-order valence-corrected chi connectivity index (χ2v) is 8.24. The van der Waals surface area contributed by atoms with Crippen LogP contribution in [0.5, 0.6) is 5.75 Å². The minimum atomic E-state index is -0.255. The van der Waals surface area contributed by atoms with Gasteiger partial charge in [0.05, 0.1) is 29.8 Å². The van der Waals surface area contributed by atoms with Crippen molar-refractivity contribution in [2.24, 2.45) is 0 Å². The van der Waals surface area contributed by atoms with E-state index >= 15 is 0 Å². The smallest absolute Gasteiger partial charge is 0.257 e.